The van der Waals surface area contributed by atoms with E-state index in [4.69, 9.17) is 16.6 Å². The minimum Gasteiger partial charge on any atom is -0.364 e. The molecule has 136 valence electrons. The zero-order chi connectivity index (χ0) is 18.3. The van der Waals surface area contributed by atoms with E-state index in [0.29, 0.717) is 22.8 Å². The highest BCUT2D eigenvalue weighted by Gasteiger charge is 2.32. The second kappa shape index (κ2) is 6.82. The third-order valence-corrected chi connectivity index (χ3v) is 6.00. The van der Waals surface area contributed by atoms with Gasteiger partial charge in [0.25, 0.3) is 0 Å². The lowest BCUT2D eigenvalue weighted by Gasteiger charge is -2.36. The van der Waals surface area contributed by atoms with Gasteiger partial charge in [0.15, 0.2) is 0 Å². The molecule has 1 fully saturated rings. The summed E-state index contributed by atoms with van der Waals surface area (Å²) in [6.07, 6.45) is -4.38. The molecule has 2 aromatic carbocycles. The van der Waals surface area contributed by atoms with Crippen LogP contribution in [0.2, 0.25) is 5.02 Å². The van der Waals surface area contributed by atoms with Gasteiger partial charge in [0.05, 0.1) is 23.9 Å². The molecule has 1 saturated heterocycles. The van der Waals surface area contributed by atoms with Crippen LogP contribution in [0.25, 0.3) is 0 Å². The van der Waals surface area contributed by atoms with Crippen LogP contribution in [0, 0.1) is 0 Å². The van der Waals surface area contributed by atoms with E-state index in [1.54, 1.807) is 12.1 Å². The van der Waals surface area contributed by atoms with Gasteiger partial charge in [-0.25, -0.2) is 0 Å². The molecule has 1 unspecified atom stereocenters. The van der Waals surface area contributed by atoms with E-state index in [2.05, 4.69) is 4.90 Å². The van der Waals surface area contributed by atoms with E-state index in [0.717, 1.165) is 35.4 Å². The molecular formula is C19H16ClF3N2S. The molecule has 7 heteroatoms. The second-order valence-corrected chi connectivity index (χ2v) is 7.94. The third kappa shape index (κ3) is 3.32. The minimum atomic E-state index is -4.38. The van der Waals surface area contributed by atoms with Crippen molar-refractivity contribution in [3.8, 4) is 0 Å². The molecule has 2 aliphatic rings. The van der Waals surface area contributed by atoms with Crippen molar-refractivity contribution < 1.29 is 13.2 Å². The lowest BCUT2D eigenvalue weighted by Crippen LogP contribution is -2.44. The van der Waals surface area contributed by atoms with Crippen molar-refractivity contribution in [3.63, 3.8) is 0 Å². The Morgan fingerprint density at radius 1 is 1.15 bits per heavy atom. The summed E-state index contributed by atoms with van der Waals surface area (Å²) in [4.78, 5) is 7.03. The Kier molecular flexibility index (Phi) is 4.65. The van der Waals surface area contributed by atoms with Crippen LogP contribution in [0.3, 0.4) is 0 Å². The van der Waals surface area contributed by atoms with Crippen LogP contribution >= 0.6 is 23.4 Å². The first-order valence-corrected chi connectivity index (χ1v) is 9.83. The van der Waals surface area contributed by atoms with Crippen molar-refractivity contribution in [1.82, 2.24) is 0 Å². The van der Waals surface area contributed by atoms with Gasteiger partial charge >= 0.3 is 6.18 Å². The highest BCUT2D eigenvalue weighted by atomic mass is 35.5. The number of halogens is 4. The normalized spacial score (nSPS) is 20.1. The van der Waals surface area contributed by atoms with Crippen molar-refractivity contribution in [2.24, 2.45) is 4.99 Å². The lowest BCUT2D eigenvalue weighted by molar-refractivity contribution is -0.137. The fourth-order valence-corrected chi connectivity index (χ4v) is 4.67. The van der Waals surface area contributed by atoms with Crippen LogP contribution in [0.4, 0.5) is 18.9 Å². The number of benzene rings is 2. The monoisotopic (exact) mass is 396 g/mol. The first-order valence-electron chi connectivity index (χ1n) is 8.30. The van der Waals surface area contributed by atoms with E-state index in [9.17, 15) is 13.2 Å². The number of thioether (sulfide) groups is 1. The topological polar surface area (TPSA) is 15.6 Å². The molecule has 26 heavy (non-hydrogen) atoms. The van der Waals surface area contributed by atoms with Gasteiger partial charge in [-0.1, -0.05) is 23.7 Å². The van der Waals surface area contributed by atoms with Crippen LogP contribution < -0.4 is 4.90 Å². The molecule has 0 aliphatic carbocycles. The van der Waals surface area contributed by atoms with Gasteiger partial charge in [-0.05, 0) is 30.3 Å². The molecule has 0 N–H and O–H groups in total. The summed E-state index contributed by atoms with van der Waals surface area (Å²) in [6.45, 7) is 1.46. The summed E-state index contributed by atoms with van der Waals surface area (Å²) in [5.74, 6) is 1.99. The standard InChI is InChI=1S/C19H16ClF3N2S/c20-14-4-5-17-16(9-14)18(24-10-15-11-26-7-6-25(15)17)12-2-1-3-13(8-12)19(21,22)23/h1-5,8-9,15H,6-7,10-11H2. The summed E-state index contributed by atoms with van der Waals surface area (Å²) in [6, 6.07) is 11.2. The Balaban J connectivity index is 1.86. The smallest absolute Gasteiger partial charge is 0.364 e. The van der Waals surface area contributed by atoms with E-state index in [-0.39, 0.29) is 6.04 Å². The van der Waals surface area contributed by atoms with Crippen molar-refractivity contribution in [1.29, 1.82) is 0 Å². The molecular weight excluding hydrogens is 381 g/mol. The van der Waals surface area contributed by atoms with Gasteiger partial charge in [0.1, 0.15) is 0 Å². The Morgan fingerprint density at radius 3 is 2.81 bits per heavy atom. The molecule has 2 heterocycles. The maximum absolute atomic E-state index is 13.1. The lowest BCUT2D eigenvalue weighted by atomic mass is 9.98. The SMILES string of the molecule is FC(F)(F)c1cccc(C2=NCC3CSCCN3c3ccc(Cl)cc32)c1. The predicted molar refractivity (Wildman–Crippen MR) is 102 cm³/mol. The summed E-state index contributed by atoms with van der Waals surface area (Å²) in [5.41, 5.74) is 2.17. The summed E-state index contributed by atoms with van der Waals surface area (Å²) >= 11 is 8.09. The van der Waals surface area contributed by atoms with Crippen LogP contribution in [-0.4, -0.2) is 36.3 Å². The van der Waals surface area contributed by atoms with E-state index in [1.165, 1.54) is 12.1 Å². The van der Waals surface area contributed by atoms with Crippen molar-refractivity contribution in [2.75, 3.05) is 29.5 Å². The second-order valence-electron chi connectivity index (χ2n) is 6.35. The zero-order valence-corrected chi connectivity index (χ0v) is 15.3. The van der Waals surface area contributed by atoms with Crippen LogP contribution in [0.5, 0.6) is 0 Å². The number of rotatable bonds is 1. The highest BCUT2D eigenvalue weighted by molar-refractivity contribution is 7.99. The maximum Gasteiger partial charge on any atom is 0.416 e. The average molecular weight is 397 g/mol. The Labute approximate surface area is 159 Å². The Morgan fingerprint density at radius 2 is 2.00 bits per heavy atom. The van der Waals surface area contributed by atoms with E-state index >= 15 is 0 Å². The number of anilines is 1. The van der Waals surface area contributed by atoms with Crippen LogP contribution in [0.1, 0.15) is 16.7 Å². The number of fused-ring (bicyclic) bond motifs is 3. The zero-order valence-electron chi connectivity index (χ0n) is 13.8. The molecule has 0 aromatic heterocycles. The number of aliphatic imine (C=N–C) groups is 1. The van der Waals surface area contributed by atoms with Gasteiger partial charge in [0, 0.05) is 39.9 Å². The quantitative estimate of drug-likeness (QED) is 0.664. The van der Waals surface area contributed by atoms with Gasteiger partial charge in [-0.2, -0.15) is 24.9 Å². The van der Waals surface area contributed by atoms with Gasteiger partial charge < -0.3 is 4.90 Å². The predicted octanol–water partition coefficient (Wildman–Crippen LogP) is 5.13. The minimum absolute atomic E-state index is 0.247. The van der Waals surface area contributed by atoms with E-state index in [1.807, 2.05) is 23.9 Å². The van der Waals surface area contributed by atoms with Crippen LogP contribution in [-0.2, 0) is 6.18 Å². The number of alkyl halides is 3. The van der Waals surface area contributed by atoms with Gasteiger partial charge in [0.2, 0.25) is 0 Å². The van der Waals surface area contributed by atoms with Crippen molar-refractivity contribution in [3.05, 3.63) is 64.2 Å². The number of hydrogen-bond donors (Lipinski definition) is 0. The number of nitrogens with zero attached hydrogens (tertiary/aromatic N) is 2. The van der Waals surface area contributed by atoms with Crippen LogP contribution in [0.15, 0.2) is 47.5 Å². The Bertz CT molecular complexity index is 866. The fraction of sp³-hybridized carbons (Fsp3) is 0.316. The van der Waals surface area contributed by atoms with E-state index < -0.39 is 11.7 Å². The first kappa shape index (κ1) is 17.7. The molecule has 4 rings (SSSR count). The molecule has 2 aromatic rings. The molecule has 0 bridgehead atoms. The van der Waals surface area contributed by atoms with Gasteiger partial charge in [-0.3, -0.25) is 4.99 Å². The summed E-state index contributed by atoms with van der Waals surface area (Å²) in [5, 5.41) is 0.549. The van der Waals surface area contributed by atoms with Gasteiger partial charge in [-0.15, -0.1) is 0 Å². The molecule has 1 atom stereocenters. The number of hydrogen-bond acceptors (Lipinski definition) is 3. The maximum atomic E-state index is 13.1. The van der Waals surface area contributed by atoms with Crippen molar-refractivity contribution in [2.45, 2.75) is 12.2 Å². The molecule has 0 spiro atoms. The average Bonchev–Trinajstić information content (AvgIpc) is 2.78. The third-order valence-electron chi connectivity index (χ3n) is 4.67. The largest absolute Gasteiger partial charge is 0.416 e. The first-order chi connectivity index (χ1) is 12.4. The highest BCUT2D eigenvalue weighted by Crippen LogP contribution is 2.35. The molecule has 2 aliphatic heterocycles. The fourth-order valence-electron chi connectivity index (χ4n) is 3.44. The Hall–Kier alpha value is -1.66. The molecule has 2 nitrogen and oxygen atoms in total. The molecule has 0 saturated carbocycles. The van der Waals surface area contributed by atoms with Crippen molar-refractivity contribution >= 4 is 34.8 Å². The summed E-state index contributed by atoms with van der Waals surface area (Å²) in [7, 11) is 0. The molecule has 0 amide bonds. The summed E-state index contributed by atoms with van der Waals surface area (Å²) < 4.78 is 39.4. The molecule has 0 radical (unpaired) electrons.